The van der Waals surface area contributed by atoms with E-state index in [1.807, 2.05) is 91.0 Å². The van der Waals surface area contributed by atoms with Crippen LogP contribution in [-0.2, 0) is 25.7 Å². The topological polar surface area (TPSA) is 55.8 Å². The summed E-state index contributed by atoms with van der Waals surface area (Å²) in [6.45, 7) is 0.675. The summed E-state index contributed by atoms with van der Waals surface area (Å²) in [5, 5.41) is 0. The van der Waals surface area contributed by atoms with Gasteiger partial charge in [0.2, 0.25) is 0 Å². The molecule has 4 rings (SSSR count). The Morgan fingerprint density at radius 3 is 2.16 bits per heavy atom. The second-order valence-electron chi connectivity index (χ2n) is 7.51. The summed E-state index contributed by atoms with van der Waals surface area (Å²) in [6.07, 6.45) is -0.569. The van der Waals surface area contributed by atoms with E-state index in [9.17, 15) is 9.59 Å². The van der Waals surface area contributed by atoms with Gasteiger partial charge in [-0.25, -0.2) is 0 Å². The molecule has 1 saturated heterocycles. The molecule has 32 heavy (non-hydrogen) atoms. The Morgan fingerprint density at radius 2 is 1.53 bits per heavy atom. The average molecular weight is 494 g/mol. The van der Waals surface area contributed by atoms with Gasteiger partial charge in [0.15, 0.2) is 0 Å². The zero-order valence-corrected chi connectivity index (χ0v) is 19.5. The molecule has 3 unspecified atom stereocenters. The van der Waals surface area contributed by atoms with Gasteiger partial charge in [0, 0.05) is 0 Å². The van der Waals surface area contributed by atoms with Crippen LogP contribution in [0.15, 0.2) is 91.0 Å². The summed E-state index contributed by atoms with van der Waals surface area (Å²) in [7, 11) is 1.40. The van der Waals surface area contributed by atoms with E-state index in [-0.39, 0.29) is 37.7 Å². The van der Waals surface area contributed by atoms with Gasteiger partial charge in [0.25, 0.3) is 0 Å². The van der Waals surface area contributed by atoms with Gasteiger partial charge in [0.1, 0.15) is 0 Å². The maximum absolute atomic E-state index is 13.1. The molecule has 164 valence electrons. The Balaban J connectivity index is 1.52. The number of ether oxygens (including phenoxy) is 2. The third-order valence-electron chi connectivity index (χ3n) is 5.41. The van der Waals surface area contributed by atoms with Crippen molar-refractivity contribution in [1.82, 2.24) is 4.90 Å². The molecule has 3 atom stereocenters. The second-order valence-corrected chi connectivity index (χ2v) is 10.2. The number of rotatable bonds is 9. The van der Waals surface area contributed by atoms with E-state index in [1.165, 1.54) is 7.11 Å². The van der Waals surface area contributed by atoms with E-state index in [2.05, 4.69) is 0 Å². The quantitative estimate of drug-likeness (QED) is 0.261. The summed E-state index contributed by atoms with van der Waals surface area (Å²) in [5.74, 6) is -0.380. The fraction of sp³-hybridized carbons (Fsp3) is 0.231. The number of hydrogen-bond acceptors (Lipinski definition) is 4. The summed E-state index contributed by atoms with van der Waals surface area (Å²) in [4.78, 5) is 27.1. The van der Waals surface area contributed by atoms with Crippen LogP contribution in [0.1, 0.15) is 17.2 Å². The van der Waals surface area contributed by atoms with Crippen molar-refractivity contribution in [2.45, 2.75) is 23.6 Å². The molecule has 1 fully saturated rings. The Kier molecular flexibility index (Phi) is 7.38. The molecule has 0 radical (unpaired) electrons. The normalized spacial score (nSPS) is 18.7. The zero-order chi connectivity index (χ0) is 22.3. The standard InChI is InChI=1S/C26H25NO4Se/c1-30-26(29)22(32-21-15-9-4-10-16-21)17-27-23(20-13-7-3-8-14-20)24(25(27)28)31-18-19-11-5-2-6-12-19/h2-16,22-24H,17-18H2,1H3. The maximum atomic E-state index is 13.1. The summed E-state index contributed by atoms with van der Waals surface area (Å²) in [6, 6.07) is 29.3. The fourth-order valence-corrected chi connectivity index (χ4v) is 6.03. The first kappa shape index (κ1) is 22.3. The van der Waals surface area contributed by atoms with Gasteiger partial charge in [-0.05, 0) is 0 Å². The molecule has 0 spiro atoms. The minimum absolute atomic E-state index is 0.0902. The molecule has 1 heterocycles. The fourth-order valence-electron chi connectivity index (χ4n) is 3.78. The Bertz CT molecular complexity index is 1030. The molecule has 0 aliphatic carbocycles. The van der Waals surface area contributed by atoms with E-state index in [4.69, 9.17) is 9.47 Å². The van der Waals surface area contributed by atoms with Gasteiger partial charge < -0.3 is 0 Å². The van der Waals surface area contributed by atoms with Crippen molar-refractivity contribution in [3.05, 3.63) is 102 Å². The van der Waals surface area contributed by atoms with Gasteiger partial charge in [-0.2, -0.15) is 0 Å². The van der Waals surface area contributed by atoms with Gasteiger partial charge >= 0.3 is 195 Å². The van der Waals surface area contributed by atoms with Gasteiger partial charge in [0.05, 0.1) is 0 Å². The molecule has 0 aromatic heterocycles. The summed E-state index contributed by atoms with van der Waals surface area (Å²) >= 11 is -0.161. The van der Waals surface area contributed by atoms with Crippen LogP contribution in [0.4, 0.5) is 0 Å². The van der Waals surface area contributed by atoms with Crippen LogP contribution < -0.4 is 4.46 Å². The number of β-lactam (4-membered cyclic amide) rings is 1. The number of hydrogen-bond donors (Lipinski definition) is 0. The number of esters is 1. The van der Waals surface area contributed by atoms with Crippen LogP contribution in [0.5, 0.6) is 0 Å². The average Bonchev–Trinajstić information content (AvgIpc) is 2.85. The molecule has 0 N–H and O–H groups in total. The van der Waals surface area contributed by atoms with E-state index >= 15 is 0 Å². The monoisotopic (exact) mass is 495 g/mol. The van der Waals surface area contributed by atoms with Crippen LogP contribution in [-0.4, -0.2) is 51.5 Å². The first-order valence-electron chi connectivity index (χ1n) is 10.5. The van der Waals surface area contributed by atoms with Crippen molar-refractivity contribution >= 4 is 31.3 Å². The van der Waals surface area contributed by atoms with Gasteiger partial charge in [-0.1, -0.05) is 0 Å². The Hall–Kier alpha value is -2.92. The predicted octanol–water partition coefficient (Wildman–Crippen LogP) is 3.15. The molecule has 1 amide bonds. The number of nitrogens with zero attached hydrogens (tertiary/aromatic N) is 1. The zero-order valence-electron chi connectivity index (χ0n) is 17.8. The predicted molar refractivity (Wildman–Crippen MR) is 124 cm³/mol. The molecule has 0 saturated carbocycles. The molecule has 3 aromatic carbocycles. The Labute approximate surface area is 194 Å². The van der Waals surface area contributed by atoms with Crippen molar-refractivity contribution in [3.8, 4) is 0 Å². The number of likely N-dealkylation sites (tertiary alicyclic amines) is 1. The molecule has 1 aliphatic heterocycles. The molecular weight excluding hydrogens is 469 g/mol. The molecule has 0 bridgehead atoms. The van der Waals surface area contributed by atoms with Crippen molar-refractivity contribution in [3.63, 3.8) is 0 Å². The van der Waals surface area contributed by atoms with E-state index in [0.29, 0.717) is 13.2 Å². The number of methoxy groups -OCH3 is 1. The summed E-state index contributed by atoms with van der Waals surface area (Å²) < 4.78 is 12.2. The third kappa shape index (κ3) is 5.10. The second kappa shape index (κ2) is 10.6. The first-order chi connectivity index (χ1) is 15.7. The minimum atomic E-state index is -0.569. The van der Waals surface area contributed by atoms with Crippen molar-refractivity contribution < 1.29 is 19.1 Å². The van der Waals surface area contributed by atoms with Crippen molar-refractivity contribution in [1.29, 1.82) is 0 Å². The molecule has 5 nitrogen and oxygen atoms in total. The Morgan fingerprint density at radius 1 is 0.938 bits per heavy atom. The molecule has 1 aliphatic rings. The molecule has 6 heteroatoms. The first-order valence-corrected chi connectivity index (χ1v) is 12.3. The van der Waals surface area contributed by atoms with Crippen LogP contribution in [0.25, 0.3) is 0 Å². The third-order valence-corrected chi connectivity index (χ3v) is 7.87. The number of carbonyl (C=O) groups excluding carboxylic acids is 2. The molecular formula is C26H25NO4Se. The van der Waals surface area contributed by atoms with Crippen LogP contribution >= 0.6 is 0 Å². The van der Waals surface area contributed by atoms with Crippen LogP contribution in [0.3, 0.4) is 0 Å². The van der Waals surface area contributed by atoms with Crippen molar-refractivity contribution in [2.24, 2.45) is 0 Å². The molecule has 3 aromatic rings. The number of amides is 1. The van der Waals surface area contributed by atoms with Crippen LogP contribution in [0, 0.1) is 0 Å². The van der Waals surface area contributed by atoms with E-state index in [1.54, 1.807) is 4.90 Å². The van der Waals surface area contributed by atoms with Gasteiger partial charge in [-0.15, -0.1) is 0 Å². The SMILES string of the molecule is COC(=O)C(CN1C(=O)C(OCc2ccccc2)C1c1ccccc1)[Se]c1ccccc1. The van der Waals surface area contributed by atoms with E-state index in [0.717, 1.165) is 15.6 Å². The number of benzene rings is 3. The summed E-state index contributed by atoms with van der Waals surface area (Å²) in [5.41, 5.74) is 2.02. The van der Waals surface area contributed by atoms with Crippen molar-refractivity contribution in [2.75, 3.05) is 13.7 Å². The number of carbonyl (C=O) groups is 2. The van der Waals surface area contributed by atoms with E-state index < -0.39 is 6.10 Å². The van der Waals surface area contributed by atoms with Gasteiger partial charge in [-0.3, -0.25) is 0 Å². The van der Waals surface area contributed by atoms with Crippen LogP contribution in [0.2, 0.25) is 4.82 Å².